The number of benzene rings is 1. The van der Waals surface area contributed by atoms with Gasteiger partial charge in [-0.3, -0.25) is 4.57 Å². The van der Waals surface area contributed by atoms with Gasteiger partial charge in [-0.05, 0) is 5.56 Å². The maximum atomic E-state index is 13.5. The first-order valence-electron chi connectivity index (χ1n) is 8.80. The van der Waals surface area contributed by atoms with Crippen LogP contribution in [0.15, 0.2) is 48.2 Å². The van der Waals surface area contributed by atoms with Crippen LogP contribution >= 0.6 is 7.60 Å². The number of hydrogen-bond acceptors (Lipinski definition) is 8. The number of ether oxygens (including phenoxy) is 1. The maximum Gasteiger partial charge on any atom is 0.356 e. The van der Waals surface area contributed by atoms with Gasteiger partial charge in [-0.2, -0.15) is 4.99 Å². The fraction of sp³-hybridized carbons (Fsp3) is 0.333. The van der Waals surface area contributed by atoms with Crippen LogP contribution in [-0.4, -0.2) is 41.7 Å². The Morgan fingerprint density at radius 2 is 2.14 bits per heavy atom. The van der Waals surface area contributed by atoms with Crippen LogP contribution < -0.4 is 11.1 Å². The molecule has 0 radical (unpaired) electrons. The number of nitrogens with two attached hydrogens (primary N) is 1. The van der Waals surface area contributed by atoms with Gasteiger partial charge in [0.25, 0.3) is 0 Å². The second kappa shape index (κ2) is 9.32. The summed E-state index contributed by atoms with van der Waals surface area (Å²) in [4.78, 5) is 8.38. The van der Waals surface area contributed by atoms with Crippen molar-refractivity contribution in [1.82, 2.24) is 14.9 Å². The number of aromatic nitrogens is 2. The zero-order valence-corrected chi connectivity index (χ0v) is 16.8. The highest BCUT2D eigenvalue weighted by Gasteiger charge is 2.27. The van der Waals surface area contributed by atoms with Crippen LogP contribution in [0.25, 0.3) is 5.70 Å². The van der Waals surface area contributed by atoms with Crippen LogP contribution in [0, 0.1) is 0 Å². The lowest BCUT2D eigenvalue weighted by atomic mass is 10.2. The van der Waals surface area contributed by atoms with Crippen molar-refractivity contribution in [2.24, 2.45) is 10.7 Å². The molecule has 3 N–H and O–H groups in total. The third kappa shape index (κ3) is 5.30. The van der Waals surface area contributed by atoms with Gasteiger partial charge < -0.3 is 29.4 Å². The molecule has 0 aliphatic carbocycles. The molecule has 2 unspecified atom stereocenters. The summed E-state index contributed by atoms with van der Waals surface area (Å²) in [5, 5.41) is 2.78. The van der Waals surface area contributed by atoms with E-state index in [1.54, 1.807) is 4.57 Å². The van der Waals surface area contributed by atoms with Crippen molar-refractivity contribution >= 4 is 25.1 Å². The van der Waals surface area contributed by atoms with Gasteiger partial charge in [0.1, 0.15) is 24.8 Å². The Bertz CT molecular complexity index is 934. The first kappa shape index (κ1) is 21.2. The number of rotatable bonds is 10. The summed E-state index contributed by atoms with van der Waals surface area (Å²) in [6.07, 6.45) is 0.200. The van der Waals surface area contributed by atoms with E-state index in [2.05, 4.69) is 21.9 Å². The minimum Gasteiger partial charge on any atom is -0.369 e. The predicted octanol–water partition coefficient (Wildman–Crippen LogP) is 2.77. The Labute approximate surface area is 167 Å². The van der Waals surface area contributed by atoms with E-state index >= 15 is 0 Å². The number of guanidine groups is 1. The molecule has 0 saturated carbocycles. The monoisotopic (exact) mass is 423 g/mol. The number of halogens is 1. The molecule has 11 heteroatoms. The molecular formula is C18H23FN5O4P. The Kier molecular flexibility index (Phi) is 6.81. The lowest BCUT2D eigenvalue weighted by Gasteiger charge is -2.21. The van der Waals surface area contributed by atoms with Crippen LogP contribution in [0.1, 0.15) is 11.3 Å². The molecule has 3 rings (SSSR count). The molecule has 9 nitrogen and oxygen atoms in total. The summed E-state index contributed by atoms with van der Waals surface area (Å²) in [6, 6.07) is 9.23. The summed E-state index contributed by atoms with van der Waals surface area (Å²) < 4.78 is 43.8. The van der Waals surface area contributed by atoms with Gasteiger partial charge in [-0.1, -0.05) is 36.9 Å². The Hall–Kier alpha value is -2.52. The zero-order chi connectivity index (χ0) is 20.9. The quantitative estimate of drug-likeness (QED) is 0.565. The molecule has 29 heavy (non-hydrogen) atoms. The van der Waals surface area contributed by atoms with Crippen LogP contribution in [0.5, 0.6) is 0 Å². The van der Waals surface area contributed by atoms with Crippen molar-refractivity contribution in [2.75, 3.05) is 20.1 Å². The lowest BCUT2D eigenvalue weighted by Crippen LogP contribution is -2.32. The molecule has 1 aliphatic heterocycles. The van der Waals surface area contributed by atoms with E-state index in [4.69, 9.17) is 19.5 Å². The first-order chi connectivity index (χ1) is 13.9. The minimum atomic E-state index is -3.55. The van der Waals surface area contributed by atoms with Gasteiger partial charge in [0.2, 0.25) is 0 Å². The molecule has 0 amide bonds. The molecule has 0 saturated heterocycles. The molecular weight excluding hydrogens is 400 g/mol. The fourth-order valence-corrected chi connectivity index (χ4v) is 3.67. The summed E-state index contributed by atoms with van der Waals surface area (Å²) in [5.41, 5.74) is 7.56. The molecule has 1 aliphatic rings. The Morgan fingerprint density at radius 1 is 1.38 bits per heavy atom. The second-order valence-electron chi connectivity index (χ2n) is 6.29. The van der Waals surface area contributed by atoms with E-state index in [1.165, 1.54) is 13.4 Å². The van der Waals surface area contributed by atoms with Gasteiger partial charge in [0.15, 0.2) is 11.8 Å². The molecule has 0 fully saturated rings. The van der Waals surface area contributed by atoms with Gasteiger partial charge >= 0.3 is 7.60 Å². The van der Waals surface area contributed by atoms with Crippen molar-refractivity contribution in [3.8, 4) is 0 Å². The van der Waals surface area contributed by atoms with E-state index in [-0.39, 0.29) is 25.5 Å². The topological polar surface area (TPSA) is 113 Å². The van der Waals surface area contributed by atoms with Crippen molar-refractivity contribution in [3.63, 3.8) is 0 Å². The largest absolute Gasteiger partial charge is 0.369 e. The highest BCUT2D eigenvalue weighted by atomic mass is 31.2. The number of aliphatic imine (C=N–C) groups is 1. The highest BCUT2D eigenvalue weighted by molar-refractivity contribution is 7.53. The van der Waals surface area contributed by atoms with E-state index in [9.17, 15) is 8.96 Å². The van der Waals surface area contributed by atoms with Gasteiger partial charge in [0, 0.05) is 7.11 Å². The van der Waals surface area contributed by atoms with Gasteiger partial charge in [-0.15, -0.1) is 0 Å². The summed E-state index contributed by atoms with van der Waals surface area (Å²) in [7, 11) is -2.29. The van der Waals surface area contributed by atoms with E-state index in [0.717, 1.165) is 5.56 Å². The smallest absolute Gasteiger partial charge is 0.356 e. The van der Waals surface area contributed by atoms with E-state index in [0.29, 0.717) is 17.2 Å². The molecule has 156 valence electrons. The number of fused-ring (bicyclic) bond motifs is 1. The molecule has 2 atom stereocenters. The van der Waals surface area contributed by atoms with Crippen molar-refractivity contribution in [3.05, 3.63) is 54.5 Å². The summed E-state index contributed by atoms with van der Waals surface area (Å²) in [6.45, 7) is 3.19. The number of imidazole rings is 1. The fourth-order valence-electron chi connectivity index (χ4n) is 2.65. The Morgan fingerprint density at radius 3 is 2.83 bits per heavy atom. The number of nitrogens with one attached hydrogen (secondary N) is 1. The van der Waals surface area contributed by atoms with Crippen LogP contribution in [-0.2, 0) is 31.5 Å². The average Bonchev–Trinajstić information content (AvgIpc) is 3.13. The maximum absolute atomic E-state index is 13.5. The molecule has 0 spiro atoms. The van der Waals surface area contributed by atoms with Crippen LogP contribution in [0.3, 0.4) is 0 Å². The molecule has 1 aromatic carbocycles. The standard InChI is InChI=1S/C18H23FN5O4P/c1-13-16-17(23-18(20)22-13)24(11-21-16)9-15(8-19)27-12-29(25,26-2)28-10-14-6-4-3-5-7-14/h3-7,11,15H,1,8-10,12H2,2H3,(H3,20,22,23). The number of alkyl halides is 1. The summed E-state index contributed by atoms with van der Waals surface area (Å²) in [5.74, 6) is 0.615. The van der Waals surface area contributed by atoms with E-state index in [1.807, 2.05) is 30.3 Å². The average molecular weight is 423 g/mol. The lowest BCUT2D eigenvalue weighted by molar-refractivity contribution is 0.0387. The van der Waals surface area contributed by atoms with Gasteiger partial charge in [-0.25, -0.2) is 9.37 Å². The number of hydrogen-bond donors (Lipinski definition) is 2. The third-order valence-corrected chi connectivity index (χ3v) is 5.74. The van der Waals surface area contributed by atoms with Crippen molar-refractivity contribution in [2.45, 2.75) is 19.3 Å². The normalized spacial score (nSPS) is 16.5. The van der Waals surface area contributed by atoms with Crippen LogP contribution in [0.4, 0.5) is 10.2 Å². The zero-order valence-electron chi connectivity index (χ0n) is 16.0. The van der Waals surface area contributed by atoms with E-state index < -0.39 is 20.4 Å². The molecule has 0 bridgehead atoms. The first-order valence-corrected chi connectivity index (χ1v) is 10.5. The Balaban J connectivity index is 1.61. The second-order valence-corrected chi connectivity index (χ2v) is 8.40. The van der Waals surface area contributed by atoms with Crippen molar-refractivity contribution in [1.29, 1.82) is 0 Å². The molecule has 2 heterocycles. The highest BCUT2D eigenvalue weighted by Crippen LogP contribution is 2.48. The minimum absolute atomic E-state index is 0.0886. The molecule has 1 aromatic heterocycles. The van der Waals surface area contributed by atoms with Crippen molar-refractivity contribution < 1.29 is 22.7 Å². The predicted molar refractivity (Wildman–Crippen MR) is 107 cm³/mol. The number of nitrogens with zero attached hydrogens (tertiary/aromatic N) is 3. The summed E-state index contributed by atoms with van der Waals surface area (Å²) >= 11 is 0. The third-order valence-electron chi connectivity index (χ3n) is 4.19. The molecule has 2 aromatic rings. The SMILES string of the molecule is C=C1NC(N)=Nc2c1ncn2CC(CF)OCP(=O)(OC)OCc1ccccc1. The van der Waals surface area contributed by atoms with Crippen LogP contribution in [0.2, 0.25) is 0 Å². The van der Waals surface area contributed by atoms with Gasteiger partial charge in [0.05, 0.1) is 25.2 Å².